The third kappa shape index (κ3) is 3.29. The van der Waals surface area contributed by atoms with E-state index in [1.807, 2.05) is 4.90 Å². The summed E-state index contributed by atoms with van der Waals surface area (Å²) >= 11 is 0. The van der Waals surface area contributed by atoms with Crippen molar-refractivity contribution in [1.82, 2.24) is 9.96 Å². The quantitative estimate of drug-likeness (QED) is 0.466. The highest BCUT2D eigenvalue weighted by molar-refractivity contribution is 5.80. The van der Waals surface area contributed by atoms with Crippen molar-refractivity contribution in [2.45, 2.75) is 64.3 Å². The fourth-order valence-electron chi connectivity index (χ4n) is 4.56. The van der Waals surface area contributed by atoms with Crippen LogP contribution in [-0.4, -0.2) is 46.6 Å². The van der Waals surface area contributed by atoms with Crippen LogP contribution in [0.2, 0.25) is 0 Å². The summed E-state index contributed by atoms with van der Waals surface area (Å²) in [6.07, 6.45) is 9.65. The molecule has 3 aliphatic rings. The molecule has 0 bridgehead atoms. The Morgan fingerprint density at radius 2 is 2.09 bits per heavy atom. The zero-order chi connectivity index (χ0) is 15.7. The Hall–Kier alpha value is -1.10. The van der Waals surface area contributed by atoms with Crippen LogP contribution in [0.1, 0.15) is 58.3 Å². The third-order valence-electron chi connectivity index (χ3n) is 5.98. The van der Waals surface area contributed by atoms with Crippen molar-refractivity contribution in [3.8, 4) is 0 Å². The standard InChI is InChI=1S/C17H28N2O3/c1-13-9-17(6-7-17)11-19(13)16(21)15(10-18(22)12-20)8-14-4-2-3-5-14/h12-15,22H,2-11H2,1H3. The minimum absolute atomic E-state index is 0.134. The van der Waals surface area contributed by atoms with Crippen LogP contribution in [-0.2, 0) is 9.59 Å². The van der Waals surface area contributed by atoms with Gasteiger partial charge < -0.3 is 4.90 Å². The topological polar surface area (TPSA) is 60.9 Å². The molecular weight excluding hydrogens is 280 g/mol. The van der Waals surface area contributed by atoms with Gasteiger partial charge in [0.2, 0.25) is 12.3 Å². The van der Waals surface area contributed by atoms with Gasteiger partial charge in [-0.25, -0.2) is 5.06 Å². The van der Waals surface area contributed by atoms with E-state index in [1.54, 1.807) is 0 Å². The van der Waals surface area contributed by atoms with Crippen LogP contribution < -0.4 is 0 Å². The Labute approximate surface area is 132 Å². The highest BCUT2D eigenvalue weighted by Crippen LogP contribution is 2.55. The molecule has 3 fully saturated rings. The summed E-state index contributed by atoms with van der Waals surface area (Å²) in [5, 5.41) is 10.2. The first-order valence-corrected chi connectivity index (χ1v) is 8.74. The molecule has 1 N–H and O–H groups in total. The monoisotopic (exact) mass is 308 g/mol. The maximum absolute atomic E-state index is 13.0. The van der Waals surface area contributed by atoms with Gasteiger partial charge in [-0.15, -0.1) is 0 Å². The highest BCUT2D eigenvalue weighted by atomic mass is 16.5. The van der Waals surface area contributed by atoms with Crippen molar-refractivity contribution in [1.29, 1.82) is 0 Å². The molecule has 2 atom stereocenters. The van der Waals surface area contributed by atoms with E-state index in [2.05, 4.69) is 6.92 Å². The average molecular weight is 308 g/mol. The normalized spacial score (nSPS) is 28.1. The van der Waals surface area contributed by atoms with Crippen molar-refractivity contribution >= 4 is 12.3 Å². The maximum Gasteiger partial charge on any atom is 0.233 e. The van der Waals surface area contributed by atoms with E-state index in [9.17, 15) is 14.8 Å². The molecule has 124 valence electrons. The molecule has 5 nitrogen and oxygen atoms in total. The minimum Gasteiger partial charge on any atom is -0.339 e. The van der Waals surface area contributed by atoms with Gasteiger partial charge in [-0.2, -0.15) is 0 Å². The number of nitrogens with zero attached hydrogens (tertiary/aromatic N) is 2. The Kier molecular flexibility index (Phi) is 4.44. The number of carbonyl (C=O) groups is 2. The summed E-state index contributed by atoms with van der Waals surface area (Å²) in [5.74, 6) is 0.459. The average Bonchev–Trinajstić information content (AvgIpc) is 2.91. The molecule has 1 saturated heterocycles. The lowest BCUT2D eigenvalue weighted by Crippen LogP contribution is -2.43. The van der Waals surface area contributed by atoms with Gasteiger partial charge in [0.25, 0.3) is 0 Å². The van der Waals surface area contributed by atoms with Crippen LogP contribution in [0.15, 0.2) is 0 Å². The van der Waals surface area contributed by atoms with Gasteiger partial charge in [0, 0.05) is 12.6 Å². The van der Waals surface area contributed by atoms with Gasteiger partial charge in [0.15, 0.2) is 0 Å². The molecule has 0 aromatic heterocycles. The fourth-order valence-corrected chi connectivity index (χ4v) is 4.56. The van der Waals surface area contributed by atoms with Gasteiger partial charge in [0.1, 0.15) is 0 Å². The molecule has 22 heavy (non-hydrogen) atoms. The second-order valence-electron chi connectivity index (χ2n) is 7.83. The number of hydroxylamine groups is 2. The lowest BCUT2D eigenvalue weighted by molar-refractivity contribution is -0.157. The van der Waals surface area contributed by atoms with E-state index in [1.165, 1.54) is 38.5 Å². The van der Waals surface area contributed by atoms with Gasteiger partial charge in [-0.1, -0.05) is 25.7 Å². The van der Waals surface area contributed by atoms with E-state index >= 15 is 0 Å². The Bertz CT molecular complexity index is 430. The molecule has 2 amide bonds. The number of hydrogen-bond donors (Lipinski definition) is 1. The first kappa shape index (κ1) is 15.8. The molecule has 0 aromatic rings. The van der Waals surface area contributed by atoms with Gasteiger partial charge in [-0.05, 0) is 43.9 Å². The molecule has 2 unspecified atom stereocenters. The predicted molar refractivity (Wildman–Crippen MR) is 82.1 cm³/mol. The zero-order valence-electron chi connectivity index (χ0n) is 13.5. The number of rotatable bonds is 6. The summed E-state index contributed by atoms with van der Waals surface area (Å²) in [7, 11) is 0. The largest absolute Gasteiger partial charge is 0.339 e. The van der Waals surface area contributed by atoms with Gasteiger partial charge >= 0.3 is 0 Å². The van der Waals surface area contributed by atoms with Crippen LogP contribution in [0.25, 0.3) is 0 Å². The number of hydrogen-bond acceptors (Lipinski definition) is 3. The number of likely N-dealkylation sites (tertiary alicyclic amines) is 1. The smallest absolute Gasteiger partial charge is 0.233 e. The third-order valence-corrected chi connectivity index (χ3v) is 5.98. The Morgan fingerprint density at radius 1 is 1.41 bits per heavy atom. The predicted octanol–water partition coefficient (Wildman–Crippen LogP) is 2.43. The lowest BCUT2D eigenvalue weighted by Gasteiger charge is -2.29. The molecule has 5 heteroatoms. The van der Waals surface area contributed by atoms with E-state index in [0.717, 1.165) is 19.4 Å². The van der Waals surface area contributed by atoms with E-state index < -0.39 is 0 Å². The van der Waals surface area contributed by atoms with E-state index in [-0.39, 0.29) is 18.4 Å². The summed E-state index contributed by atoms with van der Waals surface area (Å²) in [5.41, 5.74) is 0.399. The number of amides is 2. The summed E-state index contributed by atoms with van der Waals surface area (Å²) in [6.45, 7) is 3.14. The molecular formula is C17H28N2O3. The highest BCUT2D eigenvalue weighted by Gasteiger charge is 2.52. The molecule has 3 rings (SSSR count). The molecule has 1 aliphatic heterocycles. The first-order valence-electron chi connectivity index (χ1n) is 8.74. The van der Waals surface area contributed by atoms with Crippen molar-refractivity contribution in [2.75, 3.05) is 13.1 Å². The lowest BCUT2D eigenvalue weighted by atomic mass is 9.91. The van der Waals surface area contributed by atoms with Crippen molar-refractivity contribution < 1.29 is 14.8 Å². The van der Waals surface area contributed by atoms with E-state index in [0.29, 0.717) is 28.8 Å². The summed E-state index contributed by atoms with van der Waals surface area (Å²) < 4.78 is 0. The molecule has 1 heterocycles. The summed E-state index contributed by atoms with van der Waals surface area (Å²) in [4.78, 5) is 25.8. The molecule has 2 saturated carbocycles. The molecule has 0 radical (unpaired) electrons. The minimum atomic E-state index is -0.255. The van der Waals surface area contributed by atoms with Crippen LogP contribution >= 0.6 is 0 Å². The Morgan fingerprint density at radius 3 is 2.64 bits per heavy atom. The first-order chi connectivity index (χ1) is 10.5. The number of carbonyl (C=O) groups excluding carboxylic acids is 2. The van der Waals surface area contributed by atoms with Crippen LogP contribution in [0.3, 0.4) is 0 Å². The van der Waals surface area contributed by atoms with Crippen molar-refractivity contribution in [2.24, 2.45) is 17.3 Å². The second kappa shape index (κ2) is 6.19. The van der Waals surface area contributed by atoms with Gasteiger partial charge in [-0.3, -0.25) is 14.8 Å². The van der Waals surface area contributed by atoms with Crippen LogP contribution in [0.4, 0.5) is 0 Å². The van der Waals surface area contributed by atoms with Gasteiger partial charge in [0.05, 0.1) is 12.5 Å². The maximum atomic E-state index is 13.0. The Balaban J connectivity index is 1.66. The van der Waals surface area contributed by atoms with Crippen LogP contribution in [0, 0.1) is 17.3 Å². The summed E-state index contributed by atoms with van der Waals surface area (Å²) in [6, 6.07) is 0.296. The van der Waals surface area contributed by atoms with Crippen LogP contribution in [0.5, 0.6) is 0 Å². The van der Waals surface area contributed by atoms with E-state index in [4.69, 9.17) is 0 Å². The molecule has 2 aliphatic carbocycles. The van der Waals surface area contributed by atoms with Crippen molar-refractivity contribution in [3.05, 3.63) is 0 Å². The molecule has 0 aromatic carbocycles. The second-order valence-corrected chi connectivity index (χ2v) is 7.83. The SMILES string of the molecule is CC1CC2(CC2)CN1C(=O)C(CC1CCCC1)CN(O)C=O. The zero-order valence-corrected chi connectivity index (χ0v) is 13.5. The fraction of sp³-hybridized carbons (Fsp3) is 0.882. The molecule has 1 spiro atoms. The van der Waals surface area contributed by atoms with Crippen molar-refractivity contribution in [3.63, 3.8) is 0 Å².